The highest BCUT2D eigenvalue weighted by molar-refractivity contribution is 7.46. The third-order valence-corrected chi connectivity index (χ3v) is 4.58. The van der Waals surface area contributed by atoms with Gasteiger partial charge in [0.2, 0.25) is 0 Å². The molecule has 13 heavy (non-hydrogen) atoms. The van der Waals surface area contributed by atoms with Gasteiger partial charge in [-0.2, -0.15) is 0 Å². The standard InChI is InChI=1S/C10H15FP2/c1-5-8(11)6(2)10(13-4)7(3)9(5)12/h13H,12H2,1-4H3. The molecule has 0 heterocycles. The summed E-state index contributed by atoms with van der Waals surface area (Å²) in [5, 5.41) is 2.19. The van der Waals surface area contributed by atoms with Crippen LogP contribution in [0.1, 0.15) is 16.7 Å². The SMILES string of the molecule is CPc1c(C)c(F)c(C)c(P)c1C. The molecular weight excluding hydrogens is 201 g/mol. The van der Waals surface area contributed by atoms with Crippen LogP contribution in [0.2, 0.25) is 0 Å². The average Bonchev–Trinajstić information content (AvgIpc) is 2.13. The Morgan fingerprint density at radius 2 is 1.62 bits per heavy atom. The van der Waals surface area contributed by atoms with Crippen molar-refractivity contribution in [3.8, 4) is 0 Å². The monoisotopic (exact) mass is 216 g/mol. The Hall–Kier alpha value is 0.01000. The molecular formula is C10H15FP2. The van der Waals surface area contributed by atoms with E-state index in [1.807, 2.05) is 13.8 Å². The summed E-state index contributed by atoms with van der Waals surface area (Å²) in [5.74, 6) is -0.0417. The summed E-state index contributed by atoms with van der Waals surface area (Å²) in [6, 6.07) is 0. The Labute approximate surface area is 83.3 Å². The molecule has 0 amide bonds. The van der Waals surface area contributed by atoms with Crippen LogP contribution < -0.4 is 10.6 Å². The van der Waals surface area contributed by atoms with E-state index in [-0.39, 0.29) is 5.82 Å². The first-order valence-electron chi connectivity index (χ1n) is 4.23. The number of benzene rings is 1. The molecule has 1 aromatic rings. The van der Waals surface area contributed by atoms with Crippen molar-refractivity contribution in [1.29, 1.82) is 0 Å². The van der Waals surface area contributed by atoms with E-state index in [1.54, 1.807) is 0 Å². The first kappa shape index (κ1) is 11.1. The summed E-state index contributed by atoms with van der Waals surface area (Å²) in [4.78, 5) is 0. The van der Waals surface area contributed by atoms with E-state index < -0.39 is 0 Å². The largest absolute Gasteiger partial charge is 0.206 e. The molecule has 1 rings (SSSR count). The van der Waals surface area contributed by atoms with Crippen molar-refractivity contribution >= 4 is 28.4 Å². The molecule has 0 aromatic heterocycles. The number of rotatable bonds is 1. The van der Waals surface area contributed by atoms with Crippen molar-refractivity contribution in [3.63, 3.8) is 0 Å². The molecule has 2 atom stereocenters. The zero-order valence-corrected chi connectivity index (χ0v) is 10.6. The van der Waals surface area contributed by atoms with Crippen LogP contribution in [0.25, 0.3) is 0 Å². The highest BCUT2D eigenvalue weighted by Gasteiger charge is 2.12. The molecule has 3 heteroatoms. The summed E-state index contributed by atoms with van der Waals surface area (Å²) in [6.07, 6.45) is 0. The van der Waals surface area contributed by atoms with Crippen LogP contribution in [-0.2, 0) is 0 Å². The minimum Gasteiger partial charge on any atom is -0.206 e. The van der Waals surface area contributed by atoms with Gasteiger partial charge in [0.05, 0.1) is 0 Å². The van der Waals surface area contributed by atoms with Crippen LogP contribution >= 0.6 is 17.8 Å². The third-order valence-electron chi connectivity index (χ3n) is 2.47. The van der Waals surface area contributed by atoms with E-state index in [9.17, 15) is 4.39 Å². The maximum Gasteiger partial charge on any atom is 0.130 e. The van der Waals surface area contributed by atoms with Gasteiger partial charge < -0.3 is 0 Å². The number of hydrogen-bond donors (Lipinski definition) is 0. The molecule has 1 aromatic carbocycles. The summed E-state index contributed by atoms with van der Waals surface area (Å²) < 4.78 is 13.6. The van der Waals surface area contributed by atoms with E-state index in [2.05, 4.69) is 22.8 Å². The second kappa shape index (κ2) is 4.03. The van der Waals surface area contributed by atoms with Gasteiger partial charge in [0.15, 0.2) is 0 Å². The molecule has 0 N–H and O–H groups in total. The molecule has 0 saturated carbocycles. The van der Waals surface area contributed by atoms with E-state index in [4.69, 9.17) is 0 Å². The van der Waals surface area contributed by atoms with E-state index in [0.29, 0.717) is 8.58 Å². The van der Waals surface area contributed by atoms with Crippen LogP contribution in [0.5, 0.6) is 0 Å². The van der Waals surface area contributed by atoms with Crippen LogP contribution in [-0.4, -0.2) is 6.66 Å². The van der Waals surface area contributed by atoms with Crippen molar-refractivity contribution in [3.05, 3.63) is 22.5 Å². The maximum atomic E-state index is 13.6. The lowest BCUT2D eigenvalue weighted by Gasteiger charge is -2.14. The Kier molecular flexibility index (Phi) is 3.44. The zero-order chi connectivity index (χ0) is 10.2. The van der Waals surface area contributed by atoms with Gasteiger partial charge in [-0.15, -0.1) is 9.24 Å². The minimum absolute atomic E-state index is 0.0417. The molecule has 0 spiro atoms. The lowest BCUT2D eigenvalue weighted by molar-refractivity contribution is 0.612. The lowest BCUT2D eigenvalue weighted by Crippen LogP contribution is -2.19. The molecule has 0 aliphatic carbocycles. The second-order valence-electron chi connectivity index (χ2n) is 3.23. The van der Waals surface area contributed by atoms with Crippen molar-refractivity contribution < 1.29 is 4.39 Å². The fraction of sp³-hybridized carbons (Fsp3) is 0.400. The van der Waals surface area contributed by atoms with Gasteiger partial charge in [-0.3, -0.25) is 0 Å². The average molecular weight is 216 g/mol. The van der Waals surface area contributed by atoms with E-state index >= 15 is 0 Å². The van der Waals surface area contributed by atoms with Crippen molar-refractivity contribution in [1.82, 2.24) is 0 Å². The predicted octanol–water partition coefficient (Wildman–Crippen LogP) is 2.18. The van der Waals surface area contributed by atoms with Gasteiger partial charge >= 0.3 is 0 Å². The molecule has 0 aliphatic rings. The number of halogens is 1. The summed E-state index contributed by atoms with van der Waals surface area (Å²) in [5.41, 5.74) is 2.81. The van der Waals surface area contributed by atoms with Gasteiger partial charge in [-0.1, -0.05) is 8.58 Å². The second-order valence-corrected chi connectivity index (χ2v) is 4.81. The molecule has 2 unspecified atom stereocenters. The Morgan fingerprint density at radius 3 is 2.08 bits per heavy atom. The minimum atomic E-state index is -0.0417. The Morgan fingerprint density at radius 1 is 1.08 bits per heavy atom. The fourth-order valence-electron chi connectivity index (χ4n) is 1.58. The van der Waals surface area contributed by atoms with Crippen molar-refractivity contribution in [2.75, 3.05) is 6.66 Å². The zero-order valence-electron chi connectivity index (χ0n) is 8.46. The van der Waals surface area contributed by atoms with E-state index in [1.165, 1.54) is 10.9 Å². The highest BCUT2D eigenvalue weighted by Crippen LogP contribution is 2.19. The molecule has 0 nitrogen and oxygen atoms in total. The quantitative estimate of drug-likeness (QED) is 0.631. The summed E-state index contributed by atoms with van der Waals surface area (Å²) >= 11 is 0. The van der Waals surface area contributed by atoms with Gasteiger partial charge in [-0.05, 0) is 54.7 Å². The molecule has 0 fully saturated rings. The normalized spacial score (nSPS) is 11.5. The van der Waals surface area contributed by atoms with Crippen LogP contribution in [0, 0.1) is 26.6 Å². The topological polar surface area (TPSA) is 0 Å². The highest BCUT2D eigenvalue weighted by atomic mass is 31.1. The van der Waals surface area contributed by atoms with Crippen molar-refractivity contribution in [2.24, 2.45) is 0 Å². The Bertz CT molecular complexity index is 316. The van der Waals surface area contributed by atoms with Gasteiger partial charge in [0, 0.05) is 0 Å². The molecule has 0 aliphatic heterocycles. The molecule has 0 bridgehead atoms. The summed E-state index contributed by atoms with van der Waals surface area (Å²) in [6.45, 7) is 7.85. The first-order valence-corrected chi connectivity index (χ1v) is 6.31. The molecule has 0 saturated heterocycles. The van der Waals surface area contributed by atoms with Gasteiger partial charge in [0.1, 0.15) is 5.82 Å². The van der Waals surface area contributed by atoms with Crippen LogP contribution in [0.4, 0.5) is 4.39 Å². The number of hydrogen-bond acceptors (Lipinski definition) is 0. The van der Waals surface area contributed by atoms with E-state index in [0.717, 1.165) is 16.4 Å². The molecule has 72 valence electrons. The van der Waals surface area contributed by atoms with Gasteiger partial charge in [0.25, 0.3) is 0 Å². The third kappa shape index (κ3) is 1.78. The lowest BCUT2D eigenvalue weighted by atomic mass is 10.1. The fourth-order valence-corrected chi connectivity index (χ4v) is 2.99. The van der Waals surface area contributed by atoms with Gasteiger partial charge in [-0.25, -0.2) is 4.39 Å². The molecule has 0 radical (unpaired) electrons. The van der Waals surface area contributed by atoms with Crippen molar-refractivity contribution in [2.45, 2.75) is 20.8 Å². The maximum absolute atomic E-state index is 13.6. The summed E-state index contributed by atoms with van der Waals surface area (Å²) in [7, 11) is 3.29. The Balaban J connectivity index is 3.56. The smallest absolute Gasteiger partial charge is 0.130 e. The predicted molar refractivity (Wildman–Crippen MR) is 63.8 cm³/mol. The van der Waals surface area contributed by atoms with Crippen LogP contribution in [0.15, 0.2) is 0 Å². The first-order chi connectivity index (χ1) is 6.00. The van der Waals surface area contributed by atoms with Crippen LogP contribution in [0.3, 0.4) is 0 Å².